The maximum Gasteiger partial charge on any atom is 0.318 e. The molecule has 0 saturated carbocycles. The van der Waals surface area contributed by atoms with E-state index in [-0.39, 0.29) is 25.1 Å². The number of hydrogen-bond donors (Lipinski definition) is 4. The van der Waals surface area contributed by atoms with Crippen molar-refractivity contribution in [2.24, 2.45) is 5.73 Å². The number of para-hydroxylation sites is 1. The molecule has 2 rings (SSSR count). The van der Waals surface area contributed by atoms with Gasteiger partial charge in [-0.2, -0.15) is 0 Å². The zero-order valence-corrected chi connectivity index (χ0v) is 14.0. The summed E-state index contributed by atoms with van der Waals surface area (Å²) in [6.07, 6.45) is 3.41. The van der Waals surface area contributed by atoms with Crippen molar-refractivity contribution in [2.45, 2.75) is 31.7 Å². The molecule has 25 heavy (non-hydrogen) atoms. The SMILES string of the molecule is NC(=O)NC(=O)CNc1ccccc1C(=O)N1CCCC[C@H]1CCO. The normalized spacial score (nSPS) is 17.0. The van der Waals surface area contributed by atoms with E-state index >= 15 is 0 Å². The highest BCUT2D eigenvalue weighted by Gasteiger charge is 2.28. The summed E-state index contributed by atoms with van der Waals surface area (Å²) in [6, 6.07) is 6.02. The summed E-state index contributed by atoms with van der Waals surface area (Å²) in [6.45, 7) is 0.523. The Morgan fingerprint density at radius 1 is 1.24 bits per heavy atom. The smallest absolute Gasteiger partial charge is 0.318 e. The van der Waals surface area contributed by atoms with Crippen LogP contribution in [0.1, 0.15) is 36.0 Å². The zero-order chi connectivity index (χ0) is 18.2. The average molecular weight is 348 g/mol. The van der Waals surface area contributed by atoms with Gasteiger partial charge >= 0.3 is 6.03 Å². The maximum absolute atomic E-state index is 13.0. The van der Waals surface area contributed by atoms with Crippen LogP contribution in [-0.4, -0.2) is 53.6 Å². The molecule has 1 atom stereocenters. The van der Waals surface area contributed by atoms with Crippen LogP contribution in [0.25, 0.3) is 0 Å². The van der Waals surface area contributed by atoms with Gasteiger partial charge in [0.05, 0.1) is 12.1 Å². The molecule has 1 aliphatic rings. The first-order valence-corrected chi connectivity index (χ1v) is 8.37. The van der Waals surface area contributed by atoms with E-state index in [0.717, 1.165) is 19.3 Å². The summed E-state index contributed by atoms with van der Waals surface area (Å²) in [7, 11) is 0. The van der Waals surface area contributed by atoms with Crippen molar-refractivity contribution in [1.29, 1.82) is 0 Å². The predicted molar refractivity (Wildman–Crippen MR) is 93.0 cm³/mol. The van der Waals surface area contributed by atoms with Gasteiger partial charge in [0.2, 0.25) is 5.91 Å². The molecule has 0 radical (unpaired) electrons. The fourth-order valence-corrected chi connectivity index (χ4v) is 3.05. The Hall–Kier alpha value is -2.61. The quantitative estimate of drug-likeness (QED) is 0.601. The van der Waals surface area contributed by atoms with Crippen LogP contribution in [0.4, 0.5) is 10.5 Å². The largest absolute Gasteiger partial charge is 0.396 e. The van der Waals surface area contributed by atoms with Gasteiger partial charge in [0.1, 0.15) is 0 Å². The number of nitrogens with two attached hydrogens (primary N) is 1. The summed E-state index contributed by atoms with van der Waals surface area (Å²) in [4.78, 5) is 37.0. The van der Waals surface area contributed by atoms with Crippen LogP contribution in [0.2, 0.25) is 0 Å². The molecule has 1 saturated heterocycles. The average Bonchev–Trinajstić information content (AvgIpc) is 2.60. The van der Waals surface area contributed by atoms with E-state index in [1.807, 2.05) is 5.32 Å². The van der Waals surface area contributed by atoms with Gasteiger partial charge < -0.3 is 21.1 Å². The van der Waals surface area contributed by atoms with Crippen LogP contribution in [-0.2, 0) is 4.79 Å². The van der Waals surface area contributed by atoms with Gasteiger partial charge in [-0.1, -0.05) is 12.1 Å². The molecule has 5 N–H and O–H groups in total. The molecule has 8 heteroatoms. The number of aliphatic hydroxyl groups is 1. The molecular formula is C17H24N4O4. The first kappa shape index (κ1) is 18.7. The molecule has 0 aliphatic carbocycles. The highest BCUT2D eigenvalue weighted by atomic mass is 16.3. The fourth-order valence-electron chi connectivity index (χ4n) is 3.05. The Balaban J connectivity index is 2.11. The third kappa shape index (κ3) is 5.18. The molecule has 136 valence electrons. The minimum absolute atomic E-state index is 0.0254. The Morgan fingerprint density at radius 2 is 2.00 bits per heavy atom. The molecule has 0 bridgehead atoms. The number of rotatable bonds is 6. The van der Waals surface area contributed by atoms with Crippen molar-refractivity contribution in [3.63, 3.8) is 0 Å². The van der Waals surface area contributed by atoms with E-state index < -0.39 is 11.9 Å². The van der Waals surface area contributed by atoms with Gasteiger partial charge in [-0.25, -0.2) is 4.79 Å². The Labute approximate surface area is 146 Å². The highest BCUT2D eigenvalue weighted by molar-refractivity contribution is 6.01. The van der Waals surface area contributed by atoms with Crippen molar-refractivity contribution in [3.05, 3.63) is 29.8 Å². The summed E-state index contributed by atoms with van der Waals surface area (Å²) >= 11 is 0. The summed E-state index contributed by atoms with van der Waals surface area (Å²) in [5.41, 5.74) is 5.87. The van der Waals surface area contributed by atoms with Crippen molar-refractivity contribution >= 4 is 23.5 Å². The number of nitrogens with one attached hydrogen (secondary N) is 2. The van der Waals surface area contributed by atoms with Crippen molar-refractivity contribution in [2.75, 3.05) is 25.0 Å². The third-order valence-corrected chi connectivity index (χ3v) is 4.21. The number of urea groups is 1. The summed E-state index contributed by atoms with van der Waals surface area (Å²) in [5, 5.41) is 14.1. The number of imide groups is 1. The highest BCUT2D eigenvalue weighted by Crippen LogP contribution is 2.24. The van der Waals surface area contributed by atoms with Gasteiger partial charge in [0, 0.05) is 24.9 Å². The first-order chi connectivity index (χ1) is 12.0. The lowest BCUT2D eigenvalue weighted by Crippen LogP contribution is -2.44. The monoisotopic (exact) mass is 348 g/mol. The lowest BCUT2D eigenvalue weighted by molar-refractivity contribution is -0.118. The number of carbonyl (C=O) groups is 3. The van der Waals surface area contributed by atoms with E-state index in [4.69, 9.17) is 5.73 Å². The van der Waals surface area contributed by atoms with Gasteiger partial charge in [0.25, 0.3) is 5.91 Å². The third-order valence-electron chi connectivity index (χ3n) is 4.21. The predicted octanol–water partition coefficient (Wildman–Crippen LogP) is 0.670. The topological polar surface area (TPSA) is 125 Å². The van der Waals surface area contributed by atoms with E-state index in [9.17, 15) is 19.5 Å². The lowest BCUT2D eigenvalue weighted by atomic mass is 9.98. The number of hydrogen-bond acceptors (Lipinski definition) is 5. The minimum atomic E-state index is -0.920. The van der Waals surface area contributed by atoms with Crippen LogP contribution < -0.4 is 16.4 Å². The number of amides is 4. The molecule has 1 aromatic carbocycles. The number of primary amides is 1. The second-order valence-corrected chi connectivity index (χ2v) is 5.97. The molecule has 0 aromatic heterocycles. The standard InChI is InChI=1S/C17H24N4O4/c18-17(25)20-15(23)11-19-14-7-2-1-6-13(14)16(24)21-9-4-3-5-12(21)8-10-22/h1-2,6-7,12,19,22H,3-5,8-11H2,(H3,18,20,23,25)/t12-/m0/s1. The molecule has 0 unspecified atom stereocenters. The number of carbonyl (C=O) groups excluding carboxylic acids is 3. The Morgan fingerprint density at radius 3 is 2.72 bits per heavy atom. The van der Waals surface area contributed by atoms with E-state index in [1.165, 1.54) is 0 Å². The molecule has 1 aliphatic heterocycles. The van der Waals surface area contributed by atoms with Crippen LogP contribution in [0.3, 0.4) is 0 Å². The number of piperidine rings is 1. The minimum Gasteiger partial charge on any atom is -0.396 e. The second kappa shape index (κ2) is 9.03. The number of aliphatic hydroxyl groups excluding tert-OH is 1. The van der Waals surface area contributed by atoms with E-state index in [0.29, 0.717) is 24.2 Å². The van der Waals surface area contributed by atoms with Crippen LogP contribution >= 0.6 is 0 Å². The summed E-state index contributed by atoms with van der Waals surface area (Å²) in [5.74, 6) is -0.706. The van der Waals surface area contributed by atoms with E-state index in [2.05, 4.69) is 5.32 Å². The molecule has 0 spiro atoms. The van der Waals surface area contributed by atoms with Crippen molar-refractivity contribution in [3.8, 4) is 0 Å². The number of likely N-dealkylation sites (tertiary alicyclic amines) is 1. The number of benzene rings is 1. The van der Waals surface area contributed by atoms with Gasteiger partial charge in [-0.05, 0) is 37.8 Å². The van der Waals surface area contributed by atoms with Gasteiger partial charge in [-0.15, -0.1) is 0 Å². The summed E-state index contributed by atoms with van der Waals surface area (Å²) < 4.78 is 0. The van der Waals surface area contributed by atoms with Crippen molar-refractivity contribution < 1.29 is 19.5 Å². The van der Waals surface area contributed by atoms with Crippen LogP contribution in [0.15, 0.2) is 24.3 Å². The number of anilines is 1. The Kier molecular flexibility index (Phi) is 6.76. The molecular weight excluding hydrogens is 324 g/mol. The molecule has 8 nitrogen and oxygen atoms in total. The van der Waals surface area contributed by atoms with Gasteiger partial charge in [-0.3, -0.25) is 14.9 Å². The van der Waals surface area contributed by atoms with Crippen LogP contribution in [0, 0.1) is 0 Å². The first-order valence-electron chi connectivity index (χ1n) is 8.37. The van der Waals surface area contributed by atoms with Crippen molar-refractivity contribution in [1.82, 2.24) is 10.2 Å². The fraction of sp³-hybridized carbons (Fsp3) is 0.471. The lowest BCUT2D eigenvalue weighted by Gasteiger charge is -2.36. The zero-order valence-electron chi connectivity index (χ0n) is 14.0. The molecule has 1 fully saturated rings. The molecule has 4 amide bonds. The molecule has 1 heterocycles. The van der Waals surface area contributed by atoms with E-state index in [1.54, 1.807) is 29.2 Å². The molecule has 1 aromatic rings. The maximum atomic E-state index is 13.0. The Bertz CT molecular complexity index is 633. The van der Waals surface area contributed by atoms with Crippen LogP contribution in [0.5, 0.6) is 0 Å². The second-order valence-electron chi connectivity index (χ2n) is 5.97. The number of nitrogens with zero attached hydrogens (tertiary/aromatic N) is 1. The van der Waals surface area contributed by atoms with Gasteiger partial charge in [0.15, 0.2) is 0 Å².